The van der Waals surface area contributed by atoms with Crippen LogP contribution in [0.1, 0.15) is 6.92 Å². The molecule has 6 nitrogen and oxygen atoms in total. The fourth-order valence-corrected chi connectivity index (χ4v) is 1.04. The SMILES string of the molecule is CCOn1c(N)cc2cnnn21. The van der Waals surface area contributed by atoms with Gasteiger partial charge in [-0.25, -0.2) is 0 Å². The molecule has 0 spiro atoms. The van der Waals surface area contributed by atoms with Crippen LogP contribution < -0.4 is 10.6 Å². The highest BCUT2D eigenvalue weighted by Crippen LogP contribution is 2.07. The first-order chi connectivity index (χ1) is 5.83. The molecule has 0 atom stereocenters. The van der Waals surface area contributed by atoms with E-state index in [-0.39, 0.29) is 0 Å². The number of hydrogen-bond donors (Lipinski definition) is 1. The highest BCUT2D eigenvalue weighted by Gasteiger charge is 2.06. The van der Waals surface area contributed by atoms with Crippen molar-refractivity contribution >= 4 is 11.3 Å². The van der Waals surface area contributed by atoms with Crippen molar-refractivity contribution in [3.8, 4) is 0 Å². The Morgan fingerprint density at radius 2 is 2.50 bits per heavy atom. The van der Waals surface area contributed by atoms with E-state index >= 15 is 0 Å². The number of nitrogens with two attached hydrogens (primary N) is 1. The van der Waals surface area contributed by atoms with Crippen LogP contribution >= 0.6 is 0 Å². The van der Waals surface area contributed by atoms with Gasteiger partial charge in [-0.2, -0.15) is 0 Å². The molecule has 0 amide bonds. The lowest BCUT2D eigenvalue weighted by molar-refractivity contribution is 0.0810. The second-order valence-corrected chi connectivity index (χ2v) is 2.31. The number of rotatable bonds is 2. The monoisotopic (exact) mass is 167 g/mol. The Hall–Kier alpha value is -1.72. The molecule has 2 heterocycles. The van der Waals surface area contributed by atoms with Crippen molar-refractivity contribution in [3.63, 3.8) is 0 Å². The summed E-state index contributed by atoms with van der Waals surface area (Å²) in [6, 6.07) is 1.75. The molecule has 6 heteroatoms. The molecule has 0 aromatic carbocycles. The van der Waals surface area contributed by atoms with Crippen molar-refractivity contribution in [2.45, 2.75) is 6.92 Å². The molecule has 2 aromatic rings. The summed E-state index contributed by atoms with van der Waals surface area (Å²) >= 11 is 0. The Morgan fingerprint density at radius 1 is 1.67 bits per heavy atom. The zero-order chi connectivity index (χ0) is 8.55. The Labute approximate surface area is 68.5 Å². The van der Waals surface area contributed by atoms with Crippen LogP contribution in [0.15, 0.2) is 12.3 Å². The van der Waals surface area contributed by atoms with Gasteiger partial charge in [-0.15, -0.1) is 9.73 Å². The van der Waals surface area contributed by atoms with E-state index in [0.717, 1.165) is 5.52 Å². The fourth-order valence-electron chi connectivity index (χ4n) is 1.04. The second kappa shape index (κ2) is 2.40. The van der Waals surface area contributed by atoms with Gasteiger partial charge in [0.15, 0.2) is 5.82 Å². The van der Waals surface area contributed by atoms with Crippen LogP contribution in [0.4, 0.5) is 5.82 Å². The summed E-state index contributed by atoms with van der Waals surface area (Å²) in [5.41, 5.74) is 6.45. The fraction of sp³-hybridized carbons (Fsp3) is 0.333. The molecule has 64 valence electrons. The Balaban J connectivity index is 2.59. The predicted octanol–water partition coefficient (Wildman–Crippen LogP) is -0.439. The molecule has 0 saturated carbocycles. The minimum absolute atomic E-state index is 0.516. The molecule has 2 N–H and O–H groups in total. The largest absolute Gasteiger partial charge is 0.395 e. The summed E-state index contributed by atoms with van der Waals surface area (Å²) in [5.74, 6) is 0.516. The maximum absolute atomic E-state index is 5.63. The third-order valence-electron chi connectivity index (χ3n) is 1.50. The molecule has 0 unspecified atom stereocenters. The third-order valence-corrected chi connectivity index (χ3v) is 1.50. The average molecular weight is 167 g/mol. The van der Waals surface area contributed by atoms with Gasteiger partial charge in [0.1, 0.15) is 12.1 Å². The van der Waals surface area contributed by atoms with E-state index in [0.29, 0.717) is 12.4 Å². The summed E-state index contributed by atoms with van der Waals surface area (Å²) in [4.78, 5) is 6.61. The van der Waals surface area contributed by atoms with Crippen molar-refractivity contribution in [2.75, 3.05) is 12.3 Å². The van der Waals surface area contributed by atoms with Crippen LogP contribution in [-0.4, -0.2) is 26.4 Å². The summed E-state index contributed by atoms with van der Waals surface area (Å²) in [6.07, 6.45) is 1.62. The highest BCUT2D eigenvalue weighted by atomic mass is 16.7. The zero-order valence-electron chi connectivity index (χ0n) is 6.64. The zero-order valence-corrected chi connectivity index (χ0v) is 6.64. The third kappa shape index (κ3) is 0.810. The van der Waals surface area contributed by atoms with E-state index in [1.165, 1.54) is 9.48 Å². The Morgan fingerprint density at radius 3 is 3.25 bits per heavy atom. The molecule has 0 saturated heterocycles. The van der Waals surface area contributed by atoms with E-state index in [1.54, 1.807) is 12.3 Å². The molecule has 0 aliphatic carbocycles. The summed E-state index contributed by atoms with van der Waals surface area (Å²) in [5, 5.41) is 7.48. The molecule has 0 bridgehead atoms. The smallest absolute Gasteiger partial charge is 0.163 e. The molecular weight excluding hydrogens is 158 g/mol. The number of anilines is 1. The second-order valence-electron chi connectivity index (χ2n) is 2.31. The van der Waals surface area contributed by atoms with Crippen molar-refractivity contribution in [1.29, 1.82) is 0 Å². The molecule has 2 aromatic heterocycles. The standard InChI is InChI=1S/C6H9N5O/c1-2-12-11-6(7)3-5-4-8-9-10(5)11/h3-4H,2,7H2,1H3. The van der Waals surface area contributed by atoms with Crippen LogP contribution in [0.25, 0.3) is 5.52 Å². The lowest BCUT2D eigenvalue weighted by Crippen LogP contribution is -2.19. The van der Waals surface area contributed by atoms with Crippen LogP contribution in [0.5, 0.6) is 0 Å². The first-order valence-electron chi connectivity index (χ1n) is 3.64. The summed E-state index contributed by atoms with van der Waals surface area (Å²) in [7, 11) is 0. The number of nitrogens with zero attached hydrogens (tertiary/aromatic N) is 4. The van der Waals surface area contributed by atoms with Crippen molar-refractivity contribution < 1.29 is 4.84 Å². The molecule has 0 radical (unpaired) electrons. The summed E-state index contributed by atoms with van der Waals surface area (Å²) < 4.78 is 1.50. The molecular formula is C6H9N5O. The lowest BCUT2D eigenvalue weighted by atomic mass is 10.5. The van der Waals surface area contributed by atoms with Crippen LogP contribution in [-0.2, 0) is 0 Å². The normalized spacial score (nSPS) is 10.8. The van der Waals surface area contributed by atoms with E-state index in [1.807, 2.05) is 6.92 Å². The van der Waals surface area contributed by atoms with Gasteiger partial charge in [0.2, 0.25) is 0 Å². The maximum Gasteiger partial charge on any atom is 0.163 e. The number of aromatic nitrogens is 4. The molecule has 0 aliphatic rings. The van der Waals surface area contributed by atoms with E-state index in [4.69, 9.17) is 10.6 Å². The van der Waals surface area contributed by atoms with Gasteiger partial charge in [0.25, 0.3) is 0 Å². The number of fused-ring (bicyclic) bond motifs is 1. The summed E-state index contributed by atoms with van der Waals surface area (Å²) in [6.45, 7) is 2.41. The van der Waals surface area contributed by atoms with Crippen LogP contribution in [0, 0.1) is 0 Å². The van der Waals surface area contributed by atoms with Gasteiger partial charge in [-0.05, 0) is 12.1 Å². The molecule has 2 rings (SSSR count). The topological polar surface area (TPSA) is 70.4 Å². The van der Waals surface area contributed by atoms with Crippen molar-refractivity contribution in [3.05, 3.63) is 12.3 Å². The molecule has 0 fully saturated rings. The Bertz CT molecular complexity index is 389. The quantitative estimate of drug-likeness (QED) is 0.658. The van der Waals surface area contributed by atoms with Gasteiger partial charge in [0, 0.05) is 6.07 Å². The van der Waals surface area contributed by atoms with E-state index < -0.39 is 0 Å². The minimum Gasteiger partial charge on any atom is -0.395 e. The average Bonchev–Trinajstić information content (AvgIpc) is 2.56. The van der Waals surface area contributed by atoms with Crippen molar-refractivity contribution in [1.82, 2.24) is 19.8 Å². The van der Waals surface area contributed by atoms with Gasteiger partial charge in [-0.3, -0.25) is 0 Å². The Kier molecular flexibility index (Phi) is 1.39. The lowest BCUT2D eigenvalue weighted by Gasteiger charge is -2.04. The molecule has 0 aliphatic heterocycles. The first kappa shape index (κ1) is 6.96. The first-order valence-corrected chi connectivity index (χ1v) is 3.64. The van der Waals surface area contributed by atoms with Crippen molar-refractivity contribution in [2.24, 2.45) is 0 Å². The number of hydrogen-bond acceptors (Lipinski definition) is 4. The van der Waals surface area contributed by atoms with Crippen LogP contribution in [0.2, 0.25) is 0 Å². The van der Waals surface area contributed by atoms with E-state index in [9.17, 15) is 0 Å². The molecule has 12 heavy (non-hydrogen) atoms. The highest BCUT2D eigenvalue weighted by molar-refractivity contribution is 5.51. The van der Waals surface area contributed by atoms with Crippen LogP contribution in [0.3, 0.4) is 0 Å². The maximum atomic E-state index is 5.63. The van der Waals surface area contributed by atoms with Gasteiger partial charge >= 0.3 is 0 Å². The number of nitrogen functional groups attached to an aromatic ring is 1. The minimum atomic E-state index is 0.516. The predicted molar refractivity (Wildman–Crippen MR) is 42.5 cm³/mol. The van der Waals surface area contributed by atoms with Gasteiger partial charge in [0.05, 0.1) is 6.20 Å². The van der Waals surface area contributed by atoms with Gasteiger partial charge in [-0.1, -0.05) is 4.85 Å². The van der Waals surface area contributed by atoms with Gasteiger partial charge < -0.3 is 10.6 Å². The van der Waals surface area contributed by atoms with E-state index in [2.05, 4.69) is 10.3 Å².